The zero-order valence-electron chi connectivity index (χ0n) is 10.9. The van der Waals surface area contributed by atoms with Gasteiger partial charge in [-0.15, -0.1) is 0 Å². The van der Waals surface area contributed by atoms with E-state index in [9.17, 15) is 9.59 Å². The molecule has 0 bridgehead atoms. The van der Waals surface area contributed by atoms with Crippen LogP contribution >= 0.6 is 0 Å². The molecule has 1 rings (SSSR count). The highest BCUT2D eigenvalue weighted by atomic mass is 16.5. The van der Waals surface area contributed by atoms with Gasteiger partial charge in [-0.05, 0) is 17.7 Å². The normalized spacial score (nSPS) is 11.5. The van der Waals surface area contributed by atoms with Crippen molar-refractivity contribution in [3.05, 3.63) is 29.8 Å². The number of aliphatic hydroxyl groups excluding tert-OH is 1. The molecule has 0 saturated heterocycles. The molecule has 19 heavy (non-hydrogen) atoms. The van der Waals surface area contributed by atoms with Gasteiger partial charge in [0.1, 0.15) is 12.4 Å². The van der Waals surface area contributed by atoms with Crippen molar-refractivity contribution < 1.29 is 24.2 Å². The summed E-state index contributed by atoms with van der Waals surface area (Å²) >= 11 is 0. The van der Waals surface area contributed by atoms with Crippen LogP contribution in [0.15, 0.2) is 24.3 Å². The predicted molar refractivity (Wildman–Crippen MR) is 67.5 cm³/mol. The van der Waals surface area contributed by atoms with Crippen molar-refractivity contribution in [2.75, 3.05) is 13.7 Å². The topological polar surface area (TPSA) is 84.9 Å². The Hall–Kier alpha value is -2.08. The summed E-state index contributed by atoms with van der Waals surface area (Å²) in [5.41, 5.74) is 0.701. The molecule has 0 aliphatic carbocycles. The molecule has 0 radical (unpaired) electrons. The van der Waals surface area contributed by atoms with Gasteiger partial charge in [-0.2, -0.15) is 0 Å². The first-order chi connectivity index (χ1) is 9.06. The van der Waals surface area contributed by atoms with Crippen LogP contribution in [0.4, 0.5) is 0 Å². The van der Waals surface area contributed by atoms with Gasteiger partial charge in [0.05, 0.1) is 13.7 Å². The van der Waals surface area contributed by atoms with E-state index in [0.717, 1.165) is 0 Å². The van der Waals surface area contributed by atoms with Crippen LogP contribution in [-0.2, 0) is 20.9 Å². The Balaban J connectivity index is 2.64. The van der Waals surface area contributed by atoms with Crippen molar-refractivity contribution >= 4 is 11.9 Å². The molecular formula is C13H17NO5. The number of carbonyl (C=O) groups excluding carboxylic acids is 2. The maximum absolute atomic E-state index is 11.4. The molecule has 1 unspecified atom stereocenters. The van der Waals surface area contributed by atoms with E-state index >= 15 is 0 Å². The molecule has 6 heteroatoms. The number of rotatable bonds is 6. The molecule has 0 aliphatic rings. The maximum Gasteiger partial charge on any atom is 0.331 e. The highest BCUT2D eigenvalue weighted by Gasteiger charge is 2.20. The number of methoxy groups -OCH3 is 1. The Labute approximate surface area is 111 Å². The lowest BCUT2D eigenvalue weighted by molar-refractivity contribution is -0.145. The third-order valence-corrected chi connectivity index (χ3v) is 2.36. The molecule has 6 nitrogen and oxygen atoms in total. The molecule has 0 saturated carbocycles. The lowest BCUT2D eigenvalue weighted by Gasteiger charge is -2.16. The van der Waals surface area contributed by atoms with Crippen LogP contribution in [0.1, 0.15) is 12.5 Å². The van der Waals surface area contributed by atoms with E-state index in [2.05, 4.69) is 10.1 Å². The standard InChI is InChI=1S/C13H17NO5/c1-9(16)14-12(13(17)18-2)8-19-11-5-3-4-10(6-11)7-15/h3-6,12,15H,7-8H2,1-2H3,(H,14,16). The fourth-order valence-corrected chi connectivity index (χ4v) is 1.47. The summed E-state index contributed by atoms with van der Waals surface area (Å²) in [6.45, 7) is 1.17. The van der Waals surface area contributed by atoms with Crippen LogP contribution in [0.3, 0.4) is 0 Å². The average molecular weight is 267 g/mol. The van der Waals surface area contributed by atoms with E-state index in [4.69, 9.17) is 9.84 Å². The van der Waals surface area contributed by atoms with E-state index in [1.54, 1.807) is 24.3 Å². The molecule has 0 heterocycles. The predicted octanol–water partition coefficient (Wildman–Crippen LogP) is 0.235. The second-order valence-electron chi connectivity index (χ2n) is 3.89. The molecule has 2 N–H and O–H groups in total. The van der Waals surface area contributed by atoms with Crippen LogP contribution in [0.25, 0.3) is 0 Å². The summed E-state index contributed by atoms with van der Waals surface area (Å²) in [7, 11) is 1.24. The lowest BCUT2D eigenvalue weighted by atomic mass is 10.2. The van der Waals surface area contributed by atoms with Crippen molar-refractivity contribution in [3.63, 3.8) is 0 Å². The third-order valence-electron chi connectivity index (χ3n) is 2.36. The molecule has 1 atom stereocenters. The molecule has 1 aromatic carbocycles. The van der Waals surface area contributed by atoms with Gasteiger partial charge < -0.3 is 19.9 Å². The summed E-state index contributed by atoms with van der Waals surface area (Å²) in [4.78, 5) is 22.4. The van der Waals surface area contributed by atoms with Gasteiger partial charge in [-0.1, -0.05) is 12.1 Å². The molecule has 104 valence electrons. The number of carbonyl (C=O) groups is 2. The molecule has 0 aliphatic heterocycles. The van der Waals surface area contributed by atoms with E-state index in [0.29, 0.717) is 11.3 Å². The molecule has 0 spiro atoms. The summed E-state index contributed by atoms with van der Waals surface area (Å²) < 4.78 is 9.98. The molecule has 1 amide bonds. The molecule has 0 fully saturated rings. The van der Waals surface area contributed by atoms with Gasteiger partial charge in [-0.25, -0.2) is 4.79 Å². The van der Waals surface area contributed by atoms with Gasteiger partial charge in [0.25, 0.3) is 0 Å². The number of esters is 1. The first-order valence-electron chi connectivity index (χ1n) is 5.74. The minimum absolute atomic E-state index is 0.0405. The summed E-state index contributed by atoms with van der Waals surface area (Å²) in [6.07, 6.45) is 0. The van der Waals surface area contributed by atoms with E-state index in [-0.39, 0.29) is 19.1 Å². The smallest absolute Gasteiger partial charge is 0.331 e. The minimum atomic E-state index is -0.861. The van der Waals surface area contributed by atoms with Gasteiger partial charge in [-0.3, -0.25) is 4.79 Å². The number of nitrogens with one attached hydrogen (secondary N) is 1. The Bertz CT molecular complexity index is 446. The number of benzene rings is 1. The second-order valence-corrected chi connectivity index (χ2v) is 3.89. The second kappa shape index (κ2) is 7.38. The maximum atomic E-state index is 11.4. The van der Waals surface area contributed by atoms with Crippen LogP contribution < -0.4 is 10.1 Å². The SMILES string of the molecule is COC(=O)C(COc1cccc(CO)c1)NC(C)=O. The summed E-state index contributed by atoms with van der Waals surface area (Å²) in [6, 6.07) is 5.97. The Morgan fingerprint density at radius 1 is 1.42 bits per heavy atom. The number of amides is 1. The average Bonchev–Trinajstić information content (AvgIpc) is 2.42. The third kappa shape index (κ3) is 4.97. The number of ether oxygens (including phenoxy) is 2. The first kappa shape index (κ1) is 15.0. The van der Waals surface area contributed by atoms with Gasteiger partial charge >= 0.3 is 5.97 Å². The fourth-order valence-electron chi connectivity index (χ4n) is 1.47. The van der Waals surface area contributed by atoms with E-state index in [1.807, 2.05) is 0 Å². The highest BCUT2D eigenvalue weighted by Crippen LogP contribution is 2.13. The molecule has 0 aromatic heterocycles. The highest BCUT2D eigenvalue weighted by molar-refractivity contribution is 5.83. The Kier molecular flexibility index (Phi) is 5.81. The van der Waals surface area contributed by atoms with E-state index < -0.39 is 12.0 Å². The van der Waals surface area contributed by atoms with Crippen LogP contribution in [0.5, 0.6) is 5.75 Å². The Morgan fingerprint density at radius 3 is 2.74 bits per heavy atom. The Morgan fingerprint density at radius 2 is 2.16 bits per heavy atom. The summed E-state index contributed by atoms with van der Waals surface area (Å²) in [5, 5.41) is 11.4. The van der Waals surface area contributed by atoms with Crippen molar-refractivity contribution in [1.29, 1.82) is 0 Å². The monoisotopic (exact) mass is 267 g/mol. The number of hydrogen-bond donors (Lipinski definition) is 2. The number of hydrogen-bond acceptors (Lipinski definition) is 5. The van der Waals surface area contributed by atoms with Gasteiger partial charge in [0, 0.05) is 6.92 Å². The van der Waals surface area contributed by atoms with Gasteiger partial charge in [0.15, 0.2) is 6.04 Å². The largest absolute Gasteiger partial charge is 0.491 e. The summed E-state index contributed by atoms with van der Waals surface area (Å²) in [5.74, 6) is -0.414. The van der Waals surface area contributed by atoms with Crippen molar-refractivity contribution in [2.24, 2.45) is 0 Å². The van der Waals surface area contributed by atoms with E-state index in [1.165, 1.54) is 14.0 Å². The zero-order chi connectivity index (χ0) is 14.3. The number of aliphatic hydroxyl groups is 1. The minimum Gasteiger partial charge on any atom is -0.491 e. The van der Waals surface area contributed by atoms with Crippen LogP contribution in [-0.4, -0.2) is 36.7 Å². The van der Waals surface area contributed by atoms with Crippen molar-refractivity contribution in [2.45, 2.75) is 19.6 Å². The van der Waals surface area contributed by atoms with Crippen molar-refractivity contribution in [1.82, 2.24) is 5.32 Å². The fraction of sp³-hybridized carbons (Fsp3) is 0.385. The van der Waals surface area contributed by atoms with Crippen LogP contribution in [0.2, 0.25) is 0 Å². The van der Waals surface area contributed by atoms with Gasteiger partial charge in [0.2, 0.25) is 5.91 Å². The van der Waals surface area contributed by atoms with Crippen molar-refractivity contribution in [3.8, 4) is 5.75 Å². The lowest BCUT2D eigenvalue weighted by Crippen LogP contribution is -2.44. The first-order valence-corrected chi connectivity index (χ1v) is 5.74. The molecular weight excluding hydrogens is 250 g/mol. The molecule has 1 aromatic rings. The quantitative estimate of drug-likeness (QED) is 0.721. The zero-order valence-corrected chi connectivity index (χ0v) is 10.9. The van der Waals surface area contributed by atoms with Crippen LogP contribution in [0, 0.1) is 0 Å².